The maximum atomic E-state index is 12.4. The Kier molecular flexibility index (Phi) is 14.6. The van der Waals surface area contributed by atoms with E-state index in [0.29, 0.717) is 17.6 Å². The third-order valence-corrected chi connectivity index (χ3v) is 6.68. The van der Waals surface area contributed by atoms with Crippen molar-refractivity contribution >= 4 is 29.1 Å². The van der Waals surface area contributed by atoms with E-state index in [1.165, 1.54) is 44.7 Å². The normalized spacial score (nSPS) is 13.8. The first-order valence-electron chi connectivity index (χ1n) is 14.0. The highest BCUT2D eigenvalue weighted by Gasteiger charge is 2.23. The first-order chi connectivity index (χ1) is 18.3. The van der Waals surface area contributed by atoms with Crippen molar-refractivity contribution in [3.63, 3.8) is 0 Å². The number of hydrogen-bond donors (Lipinski definition) is 2. The molecule has 0 saturated carbocycles. The van der Waals surface area contributed by atoms with Crippen molar-refractivity contribution in [3.8, 4) is 0 Å². The van der Waals surface area contributed by atoms with Crippen LogP contribution in [-0.2, 0) is 30.5 Å². The molecule has 1 unspecified atom stereocenters. The lowest BCUT2D eigenvalue weighted by Gasteiger charge is -2.21. The molecule has 0 saturated heterocycles. The van der Waals surface area contributed by atoms with Crippen LogP contribution in [0.2, 0.25) is 0 Å². The summed E-state index contributed by atoms with van der Waals surface area (Å²) in [5.41, 5.74) is 12.8. The number of anilines is 1. The third-order valence-electron chi connectivity index (χ3n) is 6.68. The Hall–Kier alpha value is -2.79. The fourth-order valence-electron chi connectivity index (χ4n) is 3.89. The standard InChI is InChI=1S/C27H46N6O5/c1-4-6-7-8-9-10-11-12-13-14-23(34)36-16-21(17-37-26(35)24(28)20(3)5-2)38-19-33-18-31-22-15-30-27(29)32-25(22)33/h15,18,20-21,24H,4-14,16-17,19,28H2,1-3H3,(H2,29,30,32)/t20-,21?,24-/m0/s1. The first kappa shape index (κ1) is 31.4. The van der Waals surface area contributed by atoms with Crippen LogP contribution in [0.25, 0.3) is 11.2 Å². The summed E-state index contributed by atoms with van der Waals surface area (Å²) in [5, 5.41) is 0. The van der Waals surface area contributed by atoms with Crippen LogP contribution in [0.1, 0.15) is 91.4 Å². The molecule has 0 aliphatic heterocycles. The van der Waals surface area contributed by atoms with Crippen LogP contribution in [0.5, 0.6) is 0 Å². The van der Waals surface area contributed by atoms with Crippen LogP contribution in [0.15, 0.2) is 12.5 Å². The predicted molar refractivity (Wildman–Crippen MR) is 146 cm³/mol. The summed E-state index contributed by atoms with van der Waals surface area (Å²) in [5.74, 6) is -0.701. The number of rotatable bonds is 20. The van der Waals surface area contributed by atoms with Gasteiger partial charge in [0.05, 0.1) is 12.5 Å². The van der Waals surface area contributed by atoms with Gasteiger partial charge in [-0.15, -0.1) is 0 Å². The molecule has 2 aromatic heterocycles. The van der Waals surface area contributed by atoms with Crippen molar-refractivity contribution in [1.82, 2.24) is 19.5 Å². The Morgan fingerprint density at radius 3 is 2.32 bits per heavy atom. The number of fused-ring (bicyclic) bond motifs is 1. The van der Waals surface area contributed by atoms with Gasteiger partial charge in [-0.05, 0) is 12.3 Å². The minimum Gasteiger partial charge on any atom is -0.463 e. The van der Waals surface area contributed by atoms with Gasteiger partial charge in [0, 0.05) is 6.42 Å². The lowest BCUT2D eigenvalue weighted by molar-refractivity contribution is -0.159. The van der Waals surface area contributed by atoms with Crippen molar-refractivity contribution in [1.29, 1.82) is 0 Å². The predicted octanol–water partition coefficient (Wildman–Crippen LogP) is 4.13. The Balaban J connectivity index is 1.82. The van der Waals surface area contributed by atoms with Crippen LogP contribution in [0, 0.1) is 5.92 Å². The maximum Gasteiger partial charge on any atom is 0.323 e. The van der Waals surface area contributed by atoms with Crippen molar-refractivity contribution in [3.05, 3.63) is 12.5 Å². The molecule has 0 spiro atoms. The first-order valence-corrected chi connectivity index (χ1v) is 14.0. The van der Waals surface area contributed by atoms with Gasteiger partial charge in [-0.2, -0.15) is 4.98 Å². The van der Waals surface area contributed by atoms with Crippen molar-refractivity contribution in [2.75, 3.05) is 18.9 Å². The second-order valence-electron chi connectivity index (χ2n) is 9.87. The molecule has 2 rings (SSSR count). The number of nitrogen functional groups attached to an aromatic ring is 1. The Morgan fingerprint density at radius 1 is 0.974 bits per heavy atom. The van der Waals surface area contributed by atoms with E-state index >= 15 is 0 Å². The van der Waals surface area contributed by atoms with Crippen LogP contribution in [0.4, 0.5) is 5.95 Å². The Morgan fingerprint density at radius 2 is 1.63 bits per heavy atom. The van der Waals surface area contributed by atoms with Gasteiger partial charge in [0.15, 0.2) is 5.65 Å². The van der Waals surface area contributed by atoms with Crippen molar-refractivity contribution in [2.45, 2.75) is 110 Å². The Bertz CT molecular complexity index is 969. The number of carbonyl (C=O) groups excluding carboxylic acids is 2. The summed E-state index contributed by atoms with van der Waals surface area (Å²) in [6.07, 6.45) is 14.1. The highest BCUT2D eigenvalue weighted by molar-refractivity contribution is 5.75. The number of nitrogens with two attached hydrogens (primary N) is 2. The van der Waals surface area contributed by atoms with E-state index in [-0.39, 0.29) is 37.8 Å². The van der Waals surface area contributed by atoms with Crippen molar-refractivity contribution < 1.29 is 23.8 Å². The number of esters is 2. The molecule has 11 nitrogen and oxygen atoms in total. The average Bonchev–Trinajstić information content (AvgIpc) is 3.32. The molecule has 38 heavy (non-hydrogen) atoms. The molecule has 0 aromatic carbocycles. The zero-order valence-electron chi connectivity index (χ0n) is 23.3. The van der Waals surface area contributed by atoms with E-state index in [2.05, 4.69) is 21.9 Å². The molecule has 0 amide bonds. The highest BCUT2D eigenvalue weighted by atomic mass is 16.6. The molecule has 0 aliphatic rings. The number of nitrogens with zero attached hydrogens (tertiary/aromatic N) is 4. The summed E-state index contributed by atoms with van der Waals surface area (Å²) in [6.45, 7) is 5.97. The molecule has 0 aliphatic carbocycles. The van der Waals surface area contributed by atoms with Gasteiger partial charge in [-0.1, -0.05) is 78.6 Å². The summed E-state index contributed by atoms with van der Waals surface area (Å²) in [6, 6.07) is -0.730. The summed E-state index contributed by atoms with van der Waals surface area (Å²) >= 11 is 0. The van der Waals surface area contributed by atoms with Crippen LogP contribution in [-0.4, -0.2) is 56.8 Å². The number of imidazole rings is 1. The SMILES string of the molecule is CCCCCCCCCCCC(=O)OCC(COC(=O)[C@@H](N)[C@@H](C)CC)OCn1cnc2cnc(N)nc21. The van der Waals surface area contributed by atoms with Gasteiger partial charge in [0.2, 0.25) is 5.95 Å². The maximum absolute atomic E-state index is 12.4. The number of aromatic nitrogens is 4. The Labute approximate surface area is 226 Å². The van der Waals surface area contributed by atoms with E-state index < -0.39 is 18.1 Å². The van der Waals surface area contributed by atoms with Gasteiger partial charge < -0.3 is 25.7 Å². The average molecular weight is 535 g/mol. The van der Waals surface area contributed by atoms with Gasteiger partial charge in [-0.3, -0.25) is 14.2 Å². The number of ether oxygens (including phenoxy) is 3. The number of hydrogen-bond acceptors (Lipinski definition) is 10. The fourth-order valence-corrected chi connectivity index (χ4v) is 3.89. The molecule has 11 heteroatoms. The van der Waals surface area contributed by atoms with Gasteiger partial charge in [0.25, 0.3) is 0 Å². The summed E-state index contributed by atoms with van der Waals surface area (Å²) in [7, 11) is 0. The second kappa shape index (κ2) is 17.7. The molecular formula is C27H46N6O5. The monoisotopic (exact) mass is 534 g/mol. The highest BCUT2D eigenvalue weighted by Crippen LogP contribution is 2.13. The van der Waals surface area contributed by atoms with Gasteiger partial charge >= 0.3 is 11.9 Å². The van der Waals surface area contributed by atoms with Crippen LogP contribution < -0.4 is 11.5 Å². The molecular weight excluding hydrogens is 488 g/mol. The molecule has 0 fully saturated rings. The minimum absolute atomic E-state index is 0.0153. The zero-order valence-corrected chi connectivity index (χ0v) is 23.3. The lowest BCUT2D eigenvalue weighted by atomic mass is 10.0. The molecule has 0 bridgehead atoms. The van der Waals surface area contributed by atoms with E-state index in [1.807, 2.05) is 13.8 Å². The minimum atomic E-state index is -0.730. The fraction of sp³-hybridized carbons (Fsp3) is 0.741. The molecule has 3 atom stereocenters. The van der Waals surface area contributed by atoms with Gasteiger partial charge in [-0.25, -0.2) is 9.97 Å². The van der Waals surface area contributed by atoms with E-state index in [4.69, 9.17) is 25.7 Å². The molecule has 0 radical (unpaired) electrons. The largest absolute Gasteiger partial charge is 0.463 e. The van der Waals surface area contributed by atoms with Gasteiger partial charge in [0.1, 0.15) is 37.6 Å². The van der Waals surface area contributed by atoms with Crippen molar-refractivity contribution in [2.24, 2.45) is 11.7 Å². The molecule has 2 heterocycles. The second-order valence-corrected chi connectivity index (χ2v) is 9.87. The number of carbonyl (C=O) groups is 2. The van der Waals surface area contributed by atoms with E-state index in [1.54, 1.807) is 10.9 Å². The van der Waals surface area contributed by atoms with E-state index in [0.717, 1.165) is 25.7 Å². The molecule has 214 valence electrons. The van der Waals surface area contributed by atoms with E-state index in [9.17, 15) is 9.59 Å². The lowest BCUT2D eigenvalue weighted by Crippen LogP contribution is -2.40. The summed E-state index contributed by atoms with van der Waals surface area (Å²) < 4.78 is 18.4. The quantitative estimate of drug-likeness (QED) is 0.187. The topological polar surface area (TPSA) is 157 Å². The summed E-state index contributed by atoms with van der Waals surface area (Å²) in [4.78, 5) is 37.0. The molecule has 2 aromatic rings. The number of unbranched alkanes of at least 4 members (excludes halogenated alkanes) is 8. The zero-order chi connectivity index (χ0) is 27.8. The van der Waals surface area contributed by atoms with Crippen LogP contribution in [0.3, 0.4) is 0 Å². The smallest absolute Gasteiger partial charge is 0.323 e. The third kappa shape index (κ3) is 11.3. The molecule has 4 N–H and O–H groups in total. The van der Waals surface area contributed by atoms with Crippen LogP contribution >= 0.6 is 0 Å².